The summed E-state index contributed by atoms with van der Waals surface area (Å²) in [6, 6.07) is 25.7. The number of nitro benzene ring substituents is 1. The minimum Gasteiger partial charge on any atom is -0.353 e. The molecule has 0 bridgehead atoms. The molecule has 0 radical (unpaired) electrons. The molecule has 3 aromatic rings. The van der Waals surface area contributed by atoms with Crippen LogP contribution in [0.25, 0.3) is 0 Å². The van der Waals surface area contributed by atoms with Crippen molar-refractivity contribution in [3.63, 3.8) is 0 Å². The molecule has 0 N–H and O–H groups in total. The third-order valence-corrected chi connectivity index (χ3v) is 4.71. The van der Waals surface area contributed by atoms with Crippen LogP contribution in [0.2, 0.25) is 0 Å². The molecule has 0 heterocycles. The van der Waals surface area contributed by atoms with E-state index in [9.17, 15) is 10.1 Å². The molecule has 0 aliphatic heterocycles. The SMILES string of the molecule is C#CC(CCC#Cc1ccccc1)(OCc1ccc([N+](=O)[O-])cc1)c1ccccc1. The molecular formula is C26H21NO3. The van der Waals surface area contributed by atoms with Crippen LogP contribution in [0, 0.1) is 34.3 Å². The Balaban J connectivity index is 1.77. The van der Waals surface area contributed by atoms with Gasteiger partial charge in [-0.2, -0.15) is 0 Å². The van der Waals surface area contributed by atoms with Gasteiger partial charge in [-0.25, -0.2) is 0 Å². The topological polar surface area (TPSA) is 52.4 Å². The van der Waals surface area contributed by atoms with Crippen molar-refractivity contribution in [2.24, 2.45) is 0 Å². The highest BCUT2D eigenvalue weighted by atomic mass is 16.6. The summed E-state index contributed by atoms with van der Waals surface area (Å²) in [6.45, 7) is 0.239. The first-order valence-corrected chi connectivity index (χ1v) is 9.57. The predicted octanol–water partition coefficient (Wildman–Crippen LogP) is 5.47. The third kappa shape index (κ3) is 5.35. The fraction of sp³-hybridized carbons (Fsp3) is 0.154. The van der Waals surface area contributed by atoms with E-state index in [2.05, 4.69) is 17.8 Å². The molecule has 30 heavy (non-hydrogen) atoms. The second-order valence-corrected chi connectivity index (χ2v) is 6.72. The van der Waals surface area contributed by atoms with Gasteiger partial charge >= 0.3 is 0 Å². The van der Waals surface area contributed by atoms with Gasteiger partial charge in [0.1, 0.15) is 0 Å². The average Bonchev–Trinajstić information content (AvgIpc) is 2.80. The molecule has 0 aliphatic carbocycles. The van der Waals surface area contributed by atoms with Gasteiger partial charge in [0, 0.05) is 30.5 Å². The van der Waals surface area contributed by atoms with Crippen molar-refractivity contribution in [3.05, 3.63) is 112 Å². The van der Waals surface area contributed by atoms with Gasteiger partial charge in [-0.3, -0.25) is 10.1 Å². The van der Waals surface area contributed by atoms with Crippen molar-refractivity contribution in [2.45, 2.75) is 25.0 Å². The fourth-order valence-corrected chi connectivity index (χ4v) is 3.05. The maximum Gasteiger partial charge on any atom is 0.269 e. The van der Waals surface area contributed by atoms with Crippen LogP contribution in [0.4, 0.5) is 5.69 Å². The van der Waals surface area contributed by atoms with Gasteiger partial charge in [0.2, 0.25) is 0 Å². The van der Waals surface area contributed by atoms with E-state index in [0.717, 1.165) is 16.7 Å². The van der Waals surface area contributed by atoms with Crippen LogP contribution >= 0.6 is 0 Å². The first-order valence-electron chi connectivity index (χ1n) is 9.57. The molecule has 0 saturated heterocycles. The summed E-state index contributed by atoms with van der Waals surface area (Å²) in [5, 5.41) is 10.8. The quantitative estimate of drug-likeness (QED) is 0.303. The van der Waals surface area contributed by atoms with E-state index in [1.54, 1.807) is 12.1 Å². The number of hydrogen-bond acceptors (Lipinski definition) is 3. The zero-order valence-corrected chi connectivity index (χ0v) is 16.5. The lowest BCUT2D eigenvalue weighted by atomic mass is 9.89. The van der Waals surface area contributed by atoms with Crippen LogP contribution in [-0.2, 0) is 16.9 Å². The number of ether oxygens (including phenoxy) is 1. The lowest BCUT2D eigenvalue weighted by Crippen LogP contribution is -2.28. The second-order valence-electron chi connectivity index (χ2n) is 6.72. The van der Waals surface area contributed by atoms with E-state index in [4.69, 9.17) is 11.2 Å². The summed E-state index contributed by atoms with van der Waals surface area (Å²) in [5.41, 5.74) is 1.76. The predicted molar refractivity (Wildman–Crippen MR) is 117 cm³/mol. The summed E-state index contributed by atoms with van der Waals surface area (Å²) >= 11 is 0. The maximum atomic E-state index is 10.8. The molecule has 4 nitrogen and oxygen atoms in total. The zero-order valence-electron chi connectivity index (χ0n) is 16.5. The molecule has 148 valence electrons. The number of rotatable bonds is 7. The van der Waals surface area contributed by atoms with Gasteiger partial charge in [0.15, 0.2) is 5.60 Å². The molecule has 0 spiro atoms. The van der Waals surface area contributed by atoms with Crippen molar-refractivity contribution in [1.29, 1.82) is 0 Å². The fourth-order valence-electron chi connectivity index (χ4n) is 3.05. The van der Waals surface area contributed by atoms with Crippen LogP contribution in [0.3, 0.4) is 0 Å². The van der Waals surface area contributed by atoms with Gasteiger partial charge in [-0.15, -0.1) is 6.42 Å². The van der Waals surface area contributed by atoms with Crippen molar-refractivity contribution < 1.29 is 9.66 Å². The van der Waals surface area contributed by atoms with Gasteiger partial charge in [-0.05, 0) is 35.4 Å². The molecule has 1 atom stereocenters. The van der Waals surface area contributed by atoms with Crippen molar-refractivity contribution in [3.8, 4) is 24.2 Å². The summed E-state index contributed by atoms with van der Waals surface area (Å²) in [5.74, 6) is 9.16. The minimum atomic E-state index is -0.936. The molecule has 0 saturated carbocycles. The van der Waals surface area contributed by atoms with E-state index in [-0.39, 0.29) is 12.3 Å². The molecule has 3 rings (SSSR count). The standard InChI is InChI=1S/C26H21NO3/c1-2-26(24-14-7-4-8-15-24,20-10-9-13-22-11-5-3-6-12-22)30-21-23-16-18-25(19-17-23)27(28)29/h1,3-8,11-12,14-19H,10,20-21H2. The van der Waals surface area contributed by atoms with Crippen LogP contribution in [-0.4, -0.2) is 4.92 Å². The Morgan fingerprint density at radius 3 is 2.17 bits per heavy atom. The van der Waals surface area contributed by atoms with E-state index >= 15 is 0 Å². The molecule has 0 fully saturated rings. The highest BCUT2D eigenvalue weighted by Crippen LogP contribution is 2.31. The lowest BCUT2D eigenvalue weighted by molar-refractivity contribution is -0.384. The van der Waals surface area contributed by atoms with Gasteiger partial charge < -0.3 is 4.74 Å². The monoisotopic (exact) mass is 395 g/mol. The Hall–Kier alpha value is -3.86. The van der Waals surface area contributed by atoms with Crippen LogP contribution in [0.15, 0.2) is 84.9 Å². The number of benzene rings is 3. The zero-order chi connectivity index (χ0) is 21.2. The third-order valence-electron chi connectivity index (χ3n) is 4.71. The molecule has 1 unspecified atom stereocenters. The van der Waals surface area contributed by atoms with Crippen molar-refractivity contribution in [1.82, 2.24) is 0 Å². The molecule has 0 amide bonds. The normalized spacial score (nSPS) is 12.1. The van der Waals surface area contributed by atoms with E-state index in [0.29, 0.717) is 12.8 Å². The average molecular weight is 395 g/mol. The Labute approximate surface area is 176 Å². The van der Waals surface area contributed by atoms with Crippen molar-refractivity contribution >= 4 is 5.69 Å². The Morgan fingerprint density at radius 2 is 1.57 bits per heavy atom. The summed E-state index contributed by atoms with van der Waals surface area (Å²) < 4.78 is 6.23. The smallest absolute Gasteiger partial charge is 0.269 e. The molecule has 3 aromatic carbocycles. The number of nitrogens with zero attached hydrogens (tertiary/aromatic N) is 1. The highest BCUT2D eigenvalue weighted by molar-refractivity contribution is 5.36. The second kappa shape index (κ2) is 10.1. The van der Waals surface area contributed by atoms with E-state index < -0.39 is 10.5 Å². The van der Waals surface area contributed by atoms with Gasteiger partial charge in [-0.1, -0.05) is 66.3 Å². The van der Waals surface area contributed by atoms with Crippen molar-refractivity contribution in [2.75, 3.05) is 0 Å². The summed E-state index contributed by atoms with van der Waals surface area (Å²) in [4.78, 5) is 10.4. The van der Waals surface area contributed by atoms with Gasteiger partial charge in [0.05, 0.1) is 11.5 Å². The van der Waals surface area contributed by atoms with Crippen LogP contribution in [0.5, 0.6) is 0 Å². The first-order chi connectivity index (χ1) is 14.6. The first kappa shape index (κ1) is 20.9. The molecule has 0 aromatic heterocycles. The van der Waals surface area contributed by atoms with E-state index in [1.807, 2.05) is 60.7 Å². The Kier molecular flexibility index (Phi) is 7.00. The molecule has 0 aliphatic rings. The molecule has 4 heteroatoms. The van der Waals surface area contributed by atoms with Crippen LogP contribution < -0.4 is 0 Å². The summed E-state index contributed by atoms with van der Waals surface area (Å²) in [6.07, 6.45) is 7.04. The van der Waals surface area contributed by atoms with E-state index in [1.165, 1.54) is 12.1 Å². The minimum absolute atomic E-state index is 0.0428. The Bertz CT molecular complexity index is 1070. The number of non-ortho nitro benzene ring substituents is 1. The maximum absolute atomic E-state index is 10.8. The van der Waals surface area contributed by atoms with Gasteiger partial charge in [0.25, 0.3) is 5.69 Å². The van der Waals surface area contributed by atoms with Crippen LogP contribution in [0.1, 0.15) is 29.5 Å². The largest absolute Gasteiger partial charge is 0.353 e. The number of hydrogen-bond donors (Lipinski definition) is 0. The highest BCUT2D eigenvalue weighted by Gasteiger charge is 2.30. The summed E-state index contributed by atoms with van der Waals surface area (Å²) in [7, 11) is 0. The Morgan fingerprint density at radius 1 is 0.933 bits per heavy atom. The number of terminal acetylenes is 1. The lowest BCUT2D eigenvalue weighted by Gasteiger charge is -2.29. The number of nitro groups is 1. The molecular weight excluding hydrogens is 374 g/mol.